The first kappa shape index (κ1) is 22.7. The highest BCUT2D eigenvalue weighted by Crippen LogP contribution is 2.33. The lowest BCUT2D eigenvalue weighted by Gasteiger charge is -2.28. The number of rotatable bonds is 8. The molecule has 4 rings (SSSR count). The number of nitrogens with one attached hydrogen (secondary N) is 3. The number of hydrogen-bond donors (Lipinski definition) is 3. The lowest BCUT2D eigenvalue weighted by molar-refractivity contribution is 0.248. The Morgan fingerprint density at radius 1 is 1.06 bits per heavy atom. The Labute approximate surface area is 196 Å². The van der Waals surface area contributed by atoms with Gasteiger partial charge in [0.05, 0.1) is 18.2 Å². The second-order valence-electron chi connectivity index (χ2n) is 8.78. The van der Waals surface area contributed by atoms with Crippen molar-refractivity contribution in [2.24, 2.45) is 0 Å². The van der Waals surface area contributed by atoms with Crippen molar-refractivity contribution in [2.45, 2.75) is 64.0 Å². The van der Waals surface area contributed by atoms with E-state index in [0.717, 1.165) is 53.9 Å². The van der Waals surface area contributed by atoms with Gasteiger partial charge in [0.2, 0.25) is 0 Å². The van der Waals surface area contributed by atoms with Crippen LogP contribution in [0.2, 0.25) is 0 Å². The Balaban J connectivity index is 1.48. The lowest BCUT2D eigenvalue weighted by Crippen LogP contribution is -2.36. The number of allylic oxidation sites excluding steroid dienone is 1. The molecule has 0 aliphatic heterocycles. The zero-order valence-electron chi connectivity index (χ0n) is 19.2. The summed E-state index contributed by atoms with van der Waals surface area (Å²) in [4.78, 5) is 12.2. The van der Waals surface area contributed by atoms with Crippen LogP contribution in [-0.4, -0.2) is 24.7 Å². The summed E-state index contributed by atoms with van der Waals surface area (Å²) in [6, 6.07) is 16.3. The molecule has 0 aromatic heterocycles. The van der Waals surface area contributed by atoms with Gasteiger partial charge in [-0.05, 0) is 74.9 Å². The van der Waals surface area contributed by atoms with E-state index < -0.39 is 0 Å². The third kappa shape index (κ3) is 6.07. The van der Waals surface area contributed by atoms with Gasteiger partial charge >= 0.3 is 6.03 Å². The first-order chi connectivity index (χ1) is 16.1. The highest BCUT2D eigenvalue weighted by molar-refractivity contribution is 5.95. The van der Waals surface area contributed by atoms with Crippen LogP contribution in [0.25, 0.3) is 11.6 Å². The SMILES string of the molecule is CCOc1ccc(/C(C#N)=C/c2ccc(NC(=O)NC3CCCC3)cc2)c(NC2CCC2)c1. The summed E-state index contributed by atoms with van der Waals surface area (Å²) in [5, 5.41) is 19.4. The molecule has 172 valence electrons. The van der Waals surface area contributed by atoms with E-state index >= 15 is 0 Å². The molecule has 0 radical (unpaired) electrons. The molecule has 6 heteroatoms. The van der Waals surface area contributed by atoms with Crippen LogP contribution in [0.4, 0.5) is 16.2 Å². The van der Waals surface area contributed by atoms with E-state index in [1.807, 2.05) is 55.5 Å². The van der Waals surface area contributed by atoms with Crippen molar-refractivity contribution in [1.82, 2.24) is 5.32 Å². The molecule has 2 aromatic carbocycles. The van der Waals surface area contributed by atoms with Gasteiger partial charge in [-0.25, -0.2) is 4.79 Å². The monoisotopic (exact) mass is 444 g/mol. The van der Waals surface area contributed by atoms with Gasteiger partial charge in [-0.15, -0.1) is 0 Å². The van der Waals surface area contributed by atoms with E-state index in [9.17, 15) is 10.1 Å². The maximum atomic E-state index is 12.2. The molecular formula is C27H32N4O2. The topological polar surface area (TPSA) is 86.2 Å². The second-order valence-corrected chi connectivity index (χ2v) is 8.78. The maximum absolute atomic E-state index is 12.2. The van der Waals surface area contributed by atoms with Gasteiger partial charge in [0, 0.05) is 35.1 Å². The summed E-state index contributed by atoms with van der Waals surface area (Å²) < 4.78 is 5.67. The predicted octanol–water partition coefficient (Wildman–Crippen LogP) is 6.18. The molecule has 2 aromatic rings. The minimum Gasteiger partial charge on any atom is -0.494 e. The van der Waals surface area contributed by atoms with Crippen molar-refractivity contribution in [3.8, 4) is 11.8 Å². The first-order valence-electron chi connectivity index (χ1n) is 12.0. The van der Waals surface area contributed by atoms with Gasteiger partial charge in [0.1, 0.15) is 5.75 Å². The van der Waals surface area contributed by atoms with Crippen molar-refractivity contribution in [1.29, 1.82) is 5.26 Å². The van der Waals surface area contributed by atoms with Crippen LogP contribution < -0.4 is 20.7 Å². The molecular weight excluding hydrogens is 412 g/mol. The number of urea groups is 1. The Bertz CT molecular complexity index is 1030. The fraction of sp³-hybridized carbons (Fsp3) is 0.407. The number of nitrogens with zero attached hydrogens (tertiary/aromatic N) is 1. The Morgan fingerprint density at radius 3 is 2.42 bits per heavy atom. The summed E-state index contributed by atoms with van der Waals surface area (Å²) in [5.74, 6) is 0.798. The summed E-state index contributed by atoms with van der Waals surface area (Å²) in [6.45, 7) is 2.56. The second kappa shape index (κ2) is 10.9. The van der Waals surface area contributed by atoms with E-state index in [2.05, 4.69) is 22.0 Å². The molecule has 2 aliphatic rings. The predicted molar refractivity (Wildman–Crippen MR) is 133 cm³/mol. The average molecular weight is 445 g/mol. The highest BCUT2D eigenvalue weighted by Gasteiger charge is 2.20. The molecule has 0 unspecified atom stereocenters. The van der Waals surface area contributed by atoms with Crippen LogP contribution in [-0.2, 0) is 0 Å². The number of benzene rings is 2. The summed E-state index contributed by atoms with van der Waals surface area (Å²) >= 11 is 0. The zero-order chi connectivity index (χ0) is 23.0. The highest BCUT2D eigenvalue weighted by atomic mass is 16.5. The molecule has 6 nitrogen and oxygen atoms in total. The standard InChI is InChI=1S/C27H32N4O2/c1-2-33-24-14-15-25(26(17-24)29-21-8-5-9-21)20(18-28)16-19-10-12-23(13-11-19)31-27(32)30-22-6-3-4-7-22/h10-17,21-22,29H,2-9H2,1H3,(H2,30,31,32)/b20-16+. The normalized spacial score (nSPS) is 16.5. The number of anilines is 2. The first-order valence-corrected chi connectivity index (χ1v) is 12.0. The fourth-order valence-corrected chi connectivity index (χ4v) is 4.33. The number of hydrogen-bond acceptors (Lipinski definition) is 4. The zero-order valence-corrected chi connectivity index (χ0v) is 19.2. The third-order valence-corrected chi connectivity index (χ3v) is 6.35. The van der Waals surface area contributed by atoms with Crippen molar-refractivity contribution in [3.05, 3.63) is 53.6 Å². The van der Waals surface area contributed by atoms with Crippen molar-refractivity contribution in [3.63, 3.8) is 0 Å². The summed E-state index contributed by atoms with van der Waals surface area (Å²) in [7, 11) is 0. The molecule has 0 bridgehead atoms. The molecule has 2 aliphatic carbocycles. The van der Waals surface area contributed by atoms with Gasteiger partial charge in [-0.3, -0.25) is 0 Å². The lowest BCUT2D eigenvalue weighted by atomic mass is 9.92. The van der Waals surface area contributed by atoms with Crippen molar-refractivity contribution in [2.75, 3.05) is 17.2 Å². The average Bonchev–Trinajstić information content (AvgIpc) is 3.29. The van der Waals surface area contributed by atoms with Crippen LogP contribution >= 0.6 is 0 Å². The van der Waals surface area contributed by atoms with Crippen molar-refractivity contribution >= 4 is 29.1 Å². The van der Waals surface area contributed by atoms with Crippen LogP contribution in [0.15, 0.2) is 42.5 Å². The van der Waals surface area contributed by atoms with E-state index in [-0.39, 0.29) is 12.1 Å². The van der Waals surface area contributed by atoms with Crippen LogP contribution in [0.3, 0.4) is 0 Å². The number of ether oxygens (including phenoxy) is 1. The summed E-state index contributed by atoms with van der Waals surface area (Å²) in [6.07, 6.45) is 9.87. The Kier molecular flexibility index (Phi) is 7.51. The number of amides is 2. The molecule has 0 atom stereocenters. The van der Waals surface area contributed by atoms with Gasteiger partial charge in [0.15, 0.2) is 0 Å². The van der Waals surface area contributed by atoms with E-state index in [1.165, 1.54) is 19.3 Å². The van der Waals surface area contributed by atoms with Gasteiger partial charge in [-0.2, -0.15) is 5.26 Å². The minimum absolute atomic E-state index is 0.163. The molecule has 0 heterocycles. The van der Waals surface area contributed by atoms with Gasteiger partial charge in [-0.1, -0.05) is 25.0 Å². The maximum Gasteiger partial charge on any atom is 0.319 e. The van der Waals surface area contributed by atoms with Gasteiger partial charge < -0.3 is 20.7 Å². The fourth-order valence-electron chi connectivity index (χ4n) is 4.33. The molecule has 3 N–H and O–H groups in total. The molecule has 33 heavy (non-hydrogen) atoms. The largest absolute Gasteiger partial charge is 0.494 e. The van der Waals surface area contributed by atoms with Crippen LogP contribution in [0, 0.1) is 11.3 Å². The molecule has 2 fully saturated rings. The molecule has 0 spiro atoms. The Hall–Kier alpha value is -3.46. The van der Waals surface area contributed by atoms with Gasteiger partial charge in [0.25, 0.3) is 0 Å². The molecule has 0 saturated heterocycles. The molecule has 2 amide bonds. The molecule has 2 saturated carbocycles. The summed E-state index contributed by atoms with van der Waals surface area (Å²) in [5.41, 5.74) is 4.01. The van der Waals surface area contributed by atoms with Crippen LogP contribution in [0.1, 0.15) is 63.0 Å². The quantitative estimate of drug-likeness (QED) is 0.335. The van der Waals surface area contributed by atoms with Crippen LogP contribution in [0.5, 0.6) is 5.75 Å². The smallest absolute Gasteiger partial charge is 0.319 e. The van der Waals surface area contributed by atoms with E-state index in [1.54, 1.807) is 0 Å². The number of carbonyl (C=O) groups is 1. The third-order valence-electron chi connectivity index (χ3n) is 6.35. The number of carbonyl (C=O) groups excluding carboxylic acids is 1. The van der Waals surface area contributed by atoms with E-state index in [0.29, 0.717) is 18.2 Å². The Morgan fingerprint density at radius 2 is 1.79 bits per heavy atom. The van der Waals surface area contributed by atoms with Crippen molar-refractivity contribution < 1.29 is 9.53 Å². The van der Waals surface area contributed by atoms with E-state index in [4.69, 9.17) is 4.74 Å². The minimum atomic E-state index is -0.163. The number of nitriles is 1.